The molecule has 4 heterocycles. The smallest absolute Gasteiger partial charge is 0.249 e. The number of hydrogen-bond donors (Lipinski definition) is 2. The van der Waals surface area contributed by atoms with Crippen LogP contribution in [0.1, 0.15) is 96.4 Å². The van der Waals surface area contributed by atoms with Gasteiger partial charge in [0.15, 0.2) is 5.78 Å². The Balaban J connectivity index is 1.06. The molecule has 48 heavy (non-hydrogen) atoms. The first-order chi connectivity index (χ1) is 23.3. The van der Waals surface area contributed by atoms with Crippen LogP contribution < -0.4 is 5.32 Å². The van der Waals surface area contributed by atoms with Gasteiger partial charge in [0.05, 0.1) is 17.9 Å². The maximum Gasteiger partial charge on any atom is 0.249 e. The Labute approximate surface area is 284 Å². The third kappa shape index (κ3) is 8.04. The number of allylic oxidation sites excluding steroid dienone is 1. The van der Waals surface area contributed by atoms with Crippen molar-refractivity contribution in [3.63, 3.8) is 0 Å². The highest BCUT2D eigenvalue weighted by molar-refractivity contribution is 6.03. The molecule has 2 fully saturated rings. The summed E-state index contributed by atoms with van der Waals surface area (Å²) in [5.41, 5.74) is 7.56. The van der Waals surface area contributed by atoms with Crippen LogP contribution in [0.25, 0.3) is 28.0 Å². The molecule has 2 aromatic carbocycles. The van der Waals surface area contributed by atoms with E-state index >= 15 is 0 Å². The number of aliphatic imine (C=N–C) groups is 1. The number of aromatic nitrogens is 2. The number of rotatable bonds is 12. The molecule has 4 atom stereocenters. The quantitative estimate of drug-likeness (QED) is 0.207. The molecule has 0 saturated carbocycles. The van der Waals surface area contributed by atoms with Crippen molar-refractivity contribution in [1.82, 2.24) is 15.3 Å². The number of Topliss-reactive ketones (excluding diaryl/α,β-unsaturated/α-hetero) is 1. The Morgan fingerprint density at radius 1 is 0.812 bits per heavy atom. The number of benzene rings is 2. The zero-order valence-electron chi connectivity index (χ0n) is 28.8. The maximum atomic E-state index is 13.0. The van der Waals surface area contributed by atoms with E-state index in [0.29, 0.717) is 19.6 Å². The lowest BCUT2D eigenvalue weighted by Crippen LogP contribution is -2.49. The predicted octanol–water partition coefficient (Wildman–Crippen LogP) is 7.91. The first kappa shape index (κ1) is 34.0. The molecule has 0 unspecified atom stereocenters. The number of carbonyl (C=O) groups excluding carboxylic acids is 2. The Morgan fingerprint density at radius 2 is 1.42 bits per heavy atom. The van der Waals surface area contributed by atoms with Gasteiger partial charge in [-0.25, -0.2) is 4.98 Å². The second kappa shape index (κ2) is 15.6. The lowest BCUT2D eigenvalue weighted by molar-refractivity contribution is -0.136. The molecule has 3 aliphatic rings. The Hall–Kier alpha value is -3.88. The first-order valence-corrected chi connectivity index (χ1v) is 17.8. The molecular weight excluding hydrogens is 600 g/mol. The zero-order valence-corrected chi connectivity index (χ0v) is 28.8. The first-order valence-electron chi connectivity index (χ1n) is 17.8. The molecule has 3 aromatic rings. The van der Waals surface area contributed by atoms with E-state index < -0.39 is 0 Å². The molecule has 2 saturated heterocycles. The SMILES string of the molecule is CC(C)[C@H](NC(=O)[C@H]1CCCCO1)C1=NC=C(c2ccc(-c3ccc(-c4cnc([C@@H](CC(=O)[C@@H]5CCCCO5)C(C)C)[nH]4)cc3)cc2)C1. The molecule has 0 aliphatic carbocycles. The number of nitrogens with one attached hydrogen (secondary N) is 2. The fourth-order valence-electron chi connectivity index (χ4n) is 7.02. The third-order valence-corrected chi connectivity index (χ3v) is 10.0. The van der Waals surface area contributed by atoms with Gasteiger partial charge in [0.25, 0.3) is 0 Å². The minimum atomic E-state index is -0.353. The van der Waals surface area contributed by atoms with E-state index in [1.54, 1.807) is 0 Å². The number of aromatic amines is 1. The Kier molecular flexibility index (Phi) is 11.0. The number of ketones is 1. The van der Waals surface area contributed by atoms with Crippen molar-refractivity contribution in [1.29, 1.82) is 0 Å². The van der Waals surface area contributed by atoms with E-state index in [2.05, 4.69) is 86.5 Å². The summed E-state index contributed by atoms with van der Waals surface area (Å²) in [7, 11) is 0. The summed E-state index contributed by atoms with van der Waals surface area (Å²) in [5.74, 6) is 1.55. The molecule has 1 amide bonds. The van der Waals surface area contributed by atoms with Crippen molar-refractivity contribution in [2.45, 2.75) is 103 Å². The lowest BCUT2D eigenvalue weighted by Gasteiger charge is -2.27. The summed E-state index contributed by atoms with van der Waals surface area (Å²) in [4.78, 5) is 38.9. The number of amides is 1. The molecule has 0 radical (unpaired) electrons. The van der Waals surface area contributed by atoms with Gasteiger partial charge in [0.1, 0.15) is 18.0 Å². The van der Waals surface area contributed by atoms with Gasteiger partial charge in [-0.05, 0) is 78.2 Å². The van der Waals surface area contributed by atoms with E-state index in [1.165, 1.54) is 0 Å². The van der Waals surface area contributed by atoms with Crippen molar-refractivity contribution in [3.8, 4) is 22.4 Å². The van der Waals surface area contributed by atoms with E-state index in [1.807, 2.05) is 12.4 Å². The van der Waals surface area contributed by atoms with Crippen LogP contribution in [0.3, 0.4) is 0 Å². The van der Waals surface area contributed by atoms with E-state index in [0.717, 1.165) is 90.0 Å². The number of nitrogens with zero attached hydrogens (tertiary/aromatic N) is 2. The van der Waals surface area contributed by atoms with E-state index in [-0.39, 0.29) is 47.7 Å². The summed E-state index contributed by atoms with van der Waals surface area (Å²) < 4.78 is 11.5. The predicted molar refractivity (Wildman–Crippen MR) is 191 cm³/mol. The maximum absolute atomic E-state index is 13.0. The second-order valence-electron chi connectivity index (χ2n) is 14.3. The van der Waals surface area contributed by atoms with Gasteiger partial charge in [-0.3, -0.25) is 14.6 Å². The standard InChI is InChI=1S/C40H50N4O4/c1-25(2)32(22-35(45)36-9-5-7-19-47-36)39-42-24-34(43-39)30-17-15-28(16-18-30)27-11-13-29(14-12-27)31-21-33(41-23-31)38(26(3)4)44-40(46)37-10-6-8-20-48-37/h11-18,23-26,32,36-38H,5-10,19-22H2,1-4H3,(H,42,43)(H,44,46)/t32-,36-,37+,38-/m0/s1. The molecule has 8 nitrogen and oxygen atoms in total. The average Bonchev–Trinajstić information content (AvgIpc) is 3.81. The van der Waals surface area contributed by atoms with Gasteiger partial charge in [-0.1, -0.05) is 76.2 Å². The van der Waals surface area contributed by atoms with Gasteiger partial charge < -0.3 is 19.8 Å². The van der Waals surface area contributed by atoms with Crippen LogP contribution >= 0.6 is 0 Å². The fourth-order valence-corrected chi connectivity index (χ4v) is 7.02. The van der Waals surface area contributed by atoms with Crippen LogP contribution in [0.15, 0.2) is 65.9 Å². The summed E-state index contributed by atoms with van der Waals surface area (Å²) >= 11 is 0. The molecular formula is C40H50N4O4. The minimum absolute atomic E-state index is 0.0236. The van der Waals surface area contributed by atoms with Crippen LogP contribution in [-0.2, 0) is 19.1 Å². The van der Waals surface area contributed by atoms with Crippen molar-refractivity contribution < 1.29 is 19.1 Å². The van der Waals surface area contributed by atoms with Crippen LogP contribution in [-0.4, -0.2) is 58.8 Å². The molecule has 1 aromatic heterocycles. The van der Waals surface area contributed by atoms with Crippen LogP contribution in [0.2, 0.25) is 0 Å². The lowest BCUT2D eigenvalue weighted by atomic mass is 9.87. The topological polar surface area (TPSA) is 106 Å². The summed E-state index contributed by atoms with van der Waals surface area (Å²) in [6.45, 7) is 9.87. The second-order valence-corrected chi connectivity index (χ2v) is 14.3. The van der Waals surface area contributed by atoms with Gasteiger partial charge in [-0.15, -0.1) is 0 Å². The zero-order chi connectivity index (χ0) is 33.6. The molecule has 0 spiro atoms. The molecule has 3 aliphatic heterocycles. The summed E-state index contributed by atoms with van der Waals surface area (Å²) in [6, 6.07) is 17.0. The highest BCUT2D eigenvalue weighted by Gasteiger charge is 2.30. The Bertz CT molecular complexity index is 1610. The van der Waals surface area contributed by atoms with Crippen LogP contribution in [0, 0.1) is 11.8 Å². The highest BCUT2D eigenvalue weighted by atomic mass is 16.5. The normalized spacial score (nSPS) is 21.1. The van der Waals surface area contributed by atoms with Gasteiger partial charge in [-0.2, -0.15) is 0 Å². The number of carbonyl (C=O) groups is 2. The van der Waals surface area contributed by atoms with Gasteiger partial charge in [0, 0.05) is 43.9 Å². The minimum Gasteiger partial charge on any atom is -0.370 e. The van der Waals surface area contributed by atoms with Crippen molar-refractivity contribution in [2.75, 3.05) is 13.2 Å². The molecule has 254 valence electrons. The molecule has 8 heteroatoms. The molecule has 2 N–H and O–H groups in total. The summed E-state index contributed by atoms with van der Waals surface area (Å²) in [6.07, 6.45) is 10.1. The number of hydrogen-bond acceptors (Lipinski definition) is 6. The van der Waals surface area contributed by atoms with Gasteiger partial charge >= 0.3 is 0 Å². The van der Waals surface area contributed by atoms with Crippen LogP contribution in [0.4, 0.5) is 0 Å². The van der Waals surface area contributed by atoms with Crippen molar-refractivity contribution in [2.24, 2.45) is 16.8 Å². The largest absolute Gasteiger partial charge is 0.370 e. The number of ether oxygens (including phenoxy) is 2. The van der Waals surface area contributed by atoms with Gasteiger partial charge in [0.2, 0.25) is 5.91 Å². The van der Waals surface area contributed by atoms with E-state index in [9.17, 15) is 9.59 Å². The number of H-pyrrole nitrogens is 1. The summed E-state index contributed by atoms with van der Waals surface area (Å²) in [5, 5.41) is 3.23. The van der Waals surface area contributed by atoms with E-state index in [4.69, 9.17) is 19.5 Å². The van der Waals surface area contributed by atoms with Crippen molar-refractivity contribution in [3.05, 3.63) is 72.3 Å². The number of imidazole rings is 1. The van der Waals surface area contributed by atoms with Crippen LogP contribution in [0.5, 0.6) is 0 Å². The third-order valence-electron chi connectivity index (χ3n) is 10.0. The monoisotopic (exact) mass is 650 g/mol. The van der Waals surface area contributed by atoms with Crippen molar-refractivity contribution >= 4 is 23.0 Å². The fraction of sp³-hybridized carbons (Fsp3) is 0.500. The highest BCUT2D eigenvalue weighted by Crippen LogP contribution is 2.32. The Morgan fingerprint density at radius 3 is 2.00 bits per heavy atom. The average molecular weight is 651 g/mol. The molecule has 0 bridgehead atoms. The molecule has 6 rings (SSSR count).